The van der Waals surface area contributed by atoms with Gasteiger partial charge in [0, 0.05) is 55.5 Å². The van der Waals surface area contributed by atoms with Gasteiger partial charge < -0.3 is 9.80 Å². The van der Waals surface area contributed by atoms with Gasteiger partial charge in [0.1, 0.15) is 0 Å². The molecule has 3 fully saturated rings. The Bertz CT molecular complexity index is 712. The largest absolute Gasteiger partial charge is 0.340 e. The molecule has 3 aliphatic heterocycles. The molecular weight excluding hydrogens is 368 g/mol. The van der Waals surface area contributed by atoms with Gasteiger partial charge in [-0.15, -0.1) is 0 Å². The molecule has 2 bridgehead atoms. The zero-order valence-corrected chi connectivity index (χ0v) is 18.2. The van der Waals surface area contributed by atoms with Crippen LogP contribution >= 0.6 is 11.3 Å². The van der Waals surface area contributed by atoms with Gasteiger partial charge in [0.15, 0.2) is 5.13 Å². The molecule has 0 radical (unpaired) electrons. The number of thiazole rings is 1. The molecular formula is C22H34N4OS. The van der Waals surface area contributed by atoms with Gasteiger partial charge >= 0.3 is 0 Å². The molecule has 0 spiro atoms. The predicted octanol–water partition coefficient (Wildman–Crippen LogP) is 3.67. The predicted molar refractivity (Wildman–Crippen MR) is 114 cm³/mol. The second-order valence-electron chi connectivity index (χ2n) is 9.63. The molecule has 1 amide bonds. The Morgan fingerprint density at radius 2 is 1.86 bits per heavy atom. The number of likely N-dealkylation sites (tertiary alicyclic amines) is 1. The summed E-state index contributed by atoms with van der Waals surface area (Å²) in [6.07, 6.45) is 9.42. The van der Waals surface area contributed by atoms with Crippen molar-refractivity contribution in [3.63, 3.8) is 0 Å². The maximum atomic E-state index is 12.8. The molecule has 0 aromatic carbocycles. The van der Waals surface area contributed by atoms with E-state index in [-0.39, 0.29) is 0 Å². The summed E-state index contributed by atoms with van der Waals surface area (Å²) in [5.74, 6) is 1.01. The summed E-state index contributed by atoms with van der Waals surface area (Å²) in [5, 5.41) is 1.23. The van der Waals surface area contributed by atoms with Gasteiger partial charge in [-0.05, 0) is 45.4 Å². The van der Waals surface area contributed by atoms with Gasteiger partial charge in [-0.1, -0.05) is 24.2 Å². The molecule has 6 heteroatoms. The molecule has 154 valence electrons. The maximum absolute atomic E-state index is 12.8. The van der Waals surface area contributed by atoms with E-state index in [0.717, 1.165) is 25.9 Å². The molecule has 1 saturated carbocycles. The lowest BCUT2D eigenvalue weighted by Gasteiger charge is -2.42. The molecule has 0 N–H and O–H groups in total. The number of anilines is 1. The molecule has 2 atom stereocenters. The number of rotatable bonds is 4. The summed E-state index contributed by atoms with van der Waals surface area (Å²) < 4.78 is 0. The molecule has 1 aromatic rings. The lowest BCUT2D eigenvalue weighted by atomic mass is 10.0. The first-order valence-corrected chi connectivity index (χ1v) is 12.2. The van der Waals surface area contributed by atoms with Crippen LogP contribution in [0.3, 0.4) is 0 Å². The highest BCUT2D eigenvalue weighted by Crippen LogP contribution is 2.40. The van der Waals surface area contributed by atoms with Crippen LogP contribution in [0.15, 0.2) is 0 Å². The van der Waals surface area contributed by atoms with Crippen molar-refractivity contribution in [1.82, 2.24) is 14.8 Å². The van der Waals surface area contributed by atoms with E-state index in [1.807, 2.05) is 11.3 Å². The fourth-order valence-electron chi connectivity index (χ4n) is 5.77. The van der Waals surface area contributed by atoms with Crippen LogP contribution in [0.4, 0.5) is 5.13 Å². The van der Waals surface area contributed by atoms with E-state index in [0.29, 0.717) is 30.0 Å². The van der Waals surface area contributed by atoms with Crippen LogP contribution in [0.25, 0.3) is 0 Å². The minimum atomic E-state index is 0.373. The van der Waals surface area contributed by atoms with E-state index in [4.69, 9.17) is 4.98 Å². The van der Waals surface area contributed by atoms with Gasteiger partial charge in [-0.3, -0.25) is 9.69 Å². The highest BCUT2D eigenvalue weighted by atomic mass is 32.1. The van der Waals surface area contributed by atoms with E-state index in [1.54, 1.807) is 0 Å². The van der Waals surface area contributed by atoms with E-state index in [9.17, 15) is 4.79 Å². The number of aromatic nitrogens is 1. The molecule has 28 heavy (non-hydrogen) atoms. The SMILES string of the molecule is CC(C)N1CC2CCC(C1)N2c1nc2c(s1)CN(C(=O)CC1CCCC1)CC2. The molecule has 5 nitrogen and oxygen atoms in total. The minimum Gasteiger partial charge on any atom is -0.340 e. The quantitative estimate of drug-likeness (QED) is 0.770. The van der Waals surface area contributed by atoms with Gasteiger partial charge in [0.25, 0.3) is 0 Å². The highest BCUT2D eigenvalue weighted by molar-refractivity contribution is 7.15. The van der Waals surface area contributed by atoms with Crippen molar-refractivity contribution in [1.29, 1.82) is 0 Å². The maximum Gasteiger partial charge on any atom is 0.223 e. The summed E-state index contributed by atoms with van der Waals surface area (Å²) in [5.41, 5.74) is 1.26. The number of hydrogen-bond acceptors (Lipinski definition) is 5. The van der Waals surface area contributed by atoms with E-state index in [2.05, 4.69) is 28.5 Å². The summed E-state index contributed by atoms with van der Waals surface area (Å²) in [6, 6.07) is 1.87. The first-order valence-electron chi connectivity index (χ1n) is 11.4. The molecule has 4 aliphatic rings. The average molecular weight is 403 g/mol. The number of fused-ring (bicyclic) bond motifs is 3. The summed E-state index contributed by atoms with van der Waals surface area (Å²) in [4.78, 5) is 26.6. The minimum absolute atomic E-state index is 0.373. The Kier molecular flexibility index (Phi) is 5.12. The van der Waals surface area contributed by atoms with Crippen molar-refractivity contribution in [2.75, 3.05) is 24.5 Å². The lowest BCUT2D eigenvalue weighted by molar-refractivity contribution is -0.133. The average Bonchev–Trinajstić information content (AvgIpc) is 3.38. The standard InChI is InChI=1S/C22H34N4OS/c1-15(2)25-12-17-7-8-18(13-25)26(17)22-23-19-9-10-24(14-20(19)28-22)21(27)11-16-5-3-4-6-16/h15-18H,3-14H2,1-2H3. The lowest BCUT2D eigenvalue weighted by Crippen LogP contribution is -2.55. The van der Waals surface area contributed by atoms with Crippen LogP contribution in [0.5, 0.6) is 0 Å². The zero-order valence-electron chi connectivity index (χ0n) is 17.4. The number of carbonyl (C=O) groups excluding carboxylic acids is 1. The number of carbonyl (C=O) groups is 1. The van der Waals surface area contributed by atoms with Gasteiger partial charge in [-0.25, -0.2) is 4.98 Å². The van der Waals surface area contributed by atoms with E-state index >= 15 is 0 Å². The second kappa shape index (κ2) is 7.60. The smallest absolute Gasteiger partial charge is 0.223 e. The van der Waals surface area contributed by atoms with Crippen molar-refractivity contribution in [3.05, 3.63) is 10.6 Å². The molecule has 1 aromatic heterocycles. The van der Waals surface area contributed by atoms with Crippen molar-refractivity contribution >= 4 is 22.4 Å². The van der Waals surface area contributed by atoms with Gasteiger partial charge in [-0.2, -0.15) is 0 Å². The monoisotopic (exact) mass is 402 g/mol. The van der Waals surface area contributed by atoms with Crippen molar-refractivity contribution in [2.24, 2.45) is 5.92 Å². The summed E-state index contributed by atoms with van der Waals surface area (Å²) in [7, 11) is 0. The van der Waals surface area contributed by atoms with E-state index < -0.39 is 0 Å². The van der Waals surface area contributed by atoms with Crippen LogP contribution in [-0.2, 0) is 17.8 Å². The molecule has 4 heterocycles. The zero-order chi connectivity index (χ0) is 19.3. The molecule has 5 rings (SSSR count). The third kappa shape index (κ3) is 3.47. The topological polar surface area (TPSA) is 39.7 Å². The Balaban J connectivity index is 1.27. The number of nitrogens with zero attached hydrogens (tertiary/aromatic N) is 4. The summed E-state index contributed by atoms with van der Waals surface area (Å²) >= 11 is 1.87. The third-order valence-corrected chi connectivity index (χ3v) is 8.57. The number of piperazine rings is 1. The fourth-order valence-corrected chi connectivity index (χ4v) is 7.03. The van der Waals surface area contributed by atoms with Crippen LogP contribution < -0.4 is 4.90 Å². The van der Waals surface area contributed by atoms with Crippen molar-refractivity contribution in [2.45, 2.75) is 89.9 Å². The van der Waals surface area contributed by atoms with Crippen LogP contribution in [0, 0.1) is 5.92 Å². The molecule has 2 unspecified atom stereocenters. The van der Waals surface area contributed by atoms with Gasteiger partial charge in [0.2, 0.25) is 5.91 Å². The Morgan fingerprint density at radius 3 is 2.54 bits per heavy atom. The first kappa shape index (κ1) is 18.9. The first-order chi connectivity index (χ1) is 13.6. The van der Waals surface area contributed by atoms with E-state index in [1.165, 1.54) is 67.3 Å². The Hall–Kier alpha value is -1.14. The third-order valence-electron chi connectivity index (χ3n) is 7.47. The van der Waals surface area contributed by atoms with Crippen LogP contribution in [0.1, 0.15) is 69.4 Å². The van der Waals surface area contributed by atoms with Crippen molar-refractivity contribution in [3.8, 4) is 0 Å². The second-order valence-corrected chi connectivity index (χ2v) is 10.7. The fraction of sp³-hybridized carbons (Fsp3) is 0.818. The normalized spacial score (nSPS) is 28.4. The molecule has 1 aliphatic carbocycles. The Morgan fingerprint density at radius 1 is 1.14 bits per heavy atom. The molecule has 2 saturated heterocycles. The van der Waals surface area contributed by atoms with Gasteiger partial charge in [0.05, 0.1) is 12.2 Å². The highest BCUT2D eigenvalue weighted by Gasteiger charge is 2.42. The summed E-state index contributed by atoms with van der Waals surface area (Å²) in [6.45, 7) is 8.62. The number of amides is 1. The Labute approximate surface area is 173 Å². The number of hydrogen-bond donors (Lipinski definition) is 0. The van der Waals surface area contributed by atoms with Crippen LogP contribution in [0.2, 0.25) is 0 Å². The van der Waals surface area contributed by atoms with Crippen LogP contribution in [-0.4, -0.2) is 58.5 Å². The van der Waals surface area contributed by atoms with Crippen molar-refractivity contribution < 1.29 is 4.79 Å².